The summed E-state index contributed by atoms with van der Waals surface area (Å²) in [4.78, 5) is 25.1. The summed E-state index contributed by atoms with van der Waals surface area (Å²) < 4.78 is 0. The van der Waals surface area contributed by atoms with Crippen LogP contribution in [0.4, 0.5) is 4.79 Å². The fourth-order valence-corrected chi connectivity index (χ4v) is 3.96. The zero-order valence-corrected chi connectivity index (χ0v) is 14.2. The molecular weight excluding hydrogens is 316 g/mol. The van der Waals surface area contributed by atoms with Gasteiger partial charge in [-0.1, -0.05) is 44.2 Å². The van der Waals surface area contributed by atoms with Crippen LogP contribution in [0.2, 0.25) is 0 Å². The number of rotatable bonds is 1. The number of aromatic hydroxyl groups is 1. The summed E-state index contributed by atoms with van der Waals surface area (Å²) >= 11 is 0. The molecule has 1 heterocycles. The molecule has 128 valence electrons. The van der Waals surface area contributed by atoms with Crippen LogP contribution in [-0.4, -0.2) is 16.9 Å². The lowest BCUT2D eigenvalue weighted by Gasteiger charge is -2.38. The monoisotopic (exact) mass is 336 g/mol. The van der Waals surface area contributed by atoms with Crippen molar-refractivity contribution in [3.05, 3.63) is 53.2 Å². The Bertz CT molecular complexity index is 943. The zero-order chi connectivity index (χ0) is 17.8. The summed E-state index contributed by atoms with van der Waals surface area (Å²) in [7, 11) is 0. The molecule has 0 saturated carbocycles. The van der Waals surface area contributed by atoms with Crippen LogP contribution in [0.15, 0.2) is 47.7 Å². The van der Waals surface area contributed by atoms with Gasteiger partial charge in [0, 0.05) is 23.3 Å². The number of phenols is 1. The van der Waals surface area contributed by atoms with Crippen molar-refractivity contribution < 1.29 is 14.7 Å². The third kappa shape index (κ3) is 2.56. The van der Waals surface area contributed by atoms with E-state index in [4.69, 9.17) is 0 Å². The van der Waals surface area contributed by atoms with E-state index in [1.165, 1.54) is 0 Å². The highest BCUT2D eigenvalue weighted by atomic mass is 16.3. The number of carbonyl (C=O) groups is 2. The van der Waals surface area contributed by atoms with Crippen LogP contribution in [0, 0.1) is 5.41 Å². The molecule has 2 amide bonds. The molecule has 0 radical (unpaired) electrons. The molecule has 4 rings (SSSR count). The predicted molar refractivity (Wildman–Crippen MR) is 95.1 cm³/mol. The Kier molecular flexibility index (Phi) is 3.35. The van der Waals surface area contributed by atoms with Gasteiger partial charge in [0.2, 0.25) is 0 Å². The second-order valence-corrected chi connectivity index (χ2v) is 7.58. The number of allylic oxidation sites excluding steroid dienone is 1. The van der Waals surface area contributed by atoms with E-state index in [-0.39, 0.29) is 23.0 Å². The van der Waals surface area contributed by atoms with Gasteiger partial charge in [-0.25, -0.2) is 4.79 Å². The van der Waals surface area contributed by atoms with Crippen LogP contribution >= 0.6 is 0 Å². The van der Waals surface area contributed by atoms with Crippen LogP contribution in [0.3, 0.4) is 0 Å². The minimum atomic E-state index is -0.640. The highest BCUT2D eigenvalue weighted by Crippen LogP contribution is 2.44. The molecule has 1 unspecified atom stereocenters. The van der Waals surface area contributed by atoms with Gasteiger partial charge in [-0.2, -0.15) is 0 Å². The number of phenolic OH excluding ortho intramolecular Hbond substituents is 1. The molecular formula is C20H20N2O3. The fraction of sp³-hybridized carbons (Fsp3) is 0.300. The first-order chi connectivity index (χ1) is 11.9. The van der Waals surface area contributed by atoms with E-state index in [0.29, 0.717) is 29.7 Å². The zero-order valence-electron chi connectivity index (χ0n) is 14.2. The molecule has 2 aliphatic rings. The number of hydrogen-bond donors (Lipinski definition) is 3. The number of benzene rings is 2. The van der Waals surface area contributed by atoms with E-state index >= 15 is 0 Å². The smallest absolute Gasteiger partial charge is 0.319 e. The Morgan fingerprint density at radius 1 is 1.08 bits per heavy atom. The number of amides is 2. The third-order valence-electron chi connectivity index (χ3n) is 4.98. The molecule has 0 bridgehead atoms. The number of urea groups is 1. The van der Waals surface area contributed by atoms with Gasteiger partial charge in [-0.3, -0.25) is 4.79 Å². The summed E-state index contributed by atoms with van der Waals surface area (Å²) in [6.07, 6.45) is 1.05. The van der Waals surface area contributed by atoms with E-state index < -0.39 is 6.04 Å². The SMILES string of the molecule is CC1(C)CC(=O)C2=C(C1)NC(=O)NC2c1c(O)ccc2ccccc12. The molecule has 1 atom stereocenters. The largest absolute Gasteiger partial charge is 0.508 e. The van der Waals surface area contributed by atoms with E-state index in [2.05, 4.69) is 10.6 Å². The van der Waals surface area contributed by atoms with Crippen molar-refractivity contribution in [2.45, 2.75) is 32.7 Å². The summed E-state index contributed by atoms with van der Waals surface area (Å²) in [5.74, 6) is 0.0893. The standard InChI is InChI=1S/C20H20N2O3/c1-20(2)9-13-17(15(24)10-20)18(22-19(25)21-13)16-12-6-4-3-5-11(12)7-8-14(16)23/h3-8,18,23H,9-10H2,1-2H3,(H2,21,22,25). The molecule has 3 N–H and O–H groups in total. The normalized spacial score (nSPS) is 22.4. The Balaban J connectivity index is 1.95. The second-order valence-electron chi connectivity index (χ2n) is 7.58. The Morgan fingerprint density at radius 3 is 2.64 bits per heavy atom. The van der Waals surface area contributed by atoms with Gasteiger partial charge in [-0.15, -0.1) is 0 Å². The van der Waals surface area contributed by atoms with Gasteiger partial charge >= 0.3 is 6.03 Å². The number of Topliss-reactive ketones (excluding diaryl/α,β-unsaturated/α-hetero) is 1. The van der Waals surface area contributed by atoms with Crippen LogP contribution in [0.1, 0.15) is 38.3 Å². The van der Waals surface area contributed by atoms with Crippen molar-refractivity contribution in [3.8, 4) is 5.75 Å². The molecule has 25 heavy (non-hydrogen) atoms. The lowest BCUT2D eigenvalue weighted by atomic mass is 9.72. The van der Waals surface area contributed by atoms with Gasteiger partial charge in [0.15, 0.2) is 5.78 Å². The molecule has 5 heteroatoms. The van der Waals surface area contributed by atoms with E-state index in [9.17, 15) is 14.7 Å². The summed E-state index contributed by atoms with van der Waals surface area (Å²) in [5.41, 5.74) is 1.62. The van der Waals surface area contributed by atoms with Gasteiger partial charge in [0.25, 0.3) is 0 Å². The van der Waals surface area contributed by atoms with Gasteiger partial charge in [-0.05, 0) is 28.7 Å². The van der Waals surface area contributed by atoms with E-state index in [0.717, 1.165) is 10.8 Å². The molecule has 0 saturated heterocycles. The number of nitrogens with one attached hydrogen (secondary N) is 2. The van der Waals surface area contributed by atoms with Gasteiger partial charge in [0.1, 0.15) is 5.75 Å². The van der Waals surface area contributed by atoms with Gasteiger partial charge in [0.05, 0.1) is 6.04 Å². The summed E-state index contributed by atoms with van der Waals surface area (Å²) in [6.45, 7) is 4.04. The Labute approximate surface area is 145 Å². The van der Waals surface area contributed by atoms with Crippen LogP contribution < -0.4 is 10.6 Å². The van der Waals surface area contributed by atoms with Crippen molar-refractivity contribution in [1.82, 2.24) is 10.6 Å². The van der Waals surface area contributed by atoms with Crippen LogP contribution in [0.5, 0.6) is 5.75 Å². The quantitative estimate of drug-likeness (QED) is 0.745. The maximum absolute atomic E-state index is 12.9. The van der Waals surface area contributed by atoms with E-state index in [1.54, 1.807) is 6.07 Å². The first-order valence-electron chi connectivity index (χ1n) is 8.40. The Hall–Kier alpha value is -2.82. The Morgan fingerprint density at radius 2 is 1.84 bits per heavy atom. The summed E-state index contributed by atoms with van der Waals surface area (Å²) in [6, 6.07) is 10.1. The van der Waals surface area contributed by atoms with Crippen molar-refractivity contribution in [2.24, 2.45) is 5.41 Å². The number of hydrogen-bond acceptors (Lipinski definition) is 3. The second kappa shape index (κ2) is 5.34. The number of fused-ring (bicyclic) bond motifs is 1. The van der Waals surface area contributed by atoms with Crippen molar-refractivity contribution in [3.63, 3.8) is 0 Å². The molecule has 0 aromatic heterocycles. The predicted octanol–water partition coefficient (Wildman–Crippen LogP) is 3.54. The van der Waals surface area contributed by atoms with Crippen LogP contribution in [0.25, 0.3) is 10.8 Å². The molecule has 1 aliphatic heterocycles. The molecule has 2 aromatic carbocycles. The number of ketones is 1. The lowest BCUT2D eigenvalue weighted by Crippen LogP contribution is -2.48. The van der Waals surface area contributed by atoms with Crippen molar-refractivity contribution >= 4 is 22.6 Å². The van der Waals surface area contributed by atoms with Crippen molar-refractivity contribution in [1.29, 1.82) is 0 Å². The minimum absolute atomic E-state index is 0.0103. The average molecular weight is 336 g/mol. The summed E-state index contributed by atoms with van der Waals surface area (Å²) in [5, 5.41) is 17.9. The van der Waals surface area contributed by atoms with Gasteiger partial charge < -0.3 is 15.7 Å². The molecule has 1 aliphatic carbocycles. The lowest BCUT2D eigenvalue weighted by molar-refractivity contribution is -0.118. The minimum Gasteiger partial charge on any atom is -0.508 e. The number of carbonyl (C=O) groups excluding carboxylic acids is 2. The topological polar surface area (TPSA) is 78.4 Å². The van der Waals surface area contributed by atoms with Crippen LogP contribution in [-0.2, 0) is 4.79 Å². The molecule has 5 nitrogen and oxygen atoms in total. The molecule has 2 aromatic rings. The highest BCUT2D eigenvalue weighted by Gasteiger charge is 2.41. The molecule has 0 fully saturated rings. The fourth-order valence-electron chi connectivity index (χ4n) is 3.96. The first kappa shape index (κ1) is 15.7. The maximum atomic E-state index is 12.9. The average Bonchev–Trinajstić information content (AvgIpc) is 2.52. The van der Waals surface area contributed by atoms with E-state index in [1.807, 2.05) is 44.2 Å². The van der Waals surface area contributed by atoms with Crippen molar-refractivity contribution in [2.75, 3.05) is 0 Å². The first-order valence-corrected chi connectivity index (χ1v) is 8.40. The third-order valence-corrected chi connectivity index (χ3v) is 4.98. The highest BCUT2D eigenvalue weighted by molar-refractivity contribution is 6.03. The molecule has 0 spiro atoms. The maximum Gasteiger partial charge on any atom is 0.319 e.